The molecule has 0 unspecified atom stereocenters. The Morgan fingerprint density at radius 3 is 2.29 bits per heavy atom. The van der Waals surface area contributed by atoms with Gasteiger partial charge in [-0.2, -0.15) is 13.2 Å². The number of benzene rings is 1. The number of hydrogen-bond donors (Lipinski definition) is 1. The van der Waals surface area contributed by atoms with Gasteiger partial charge in [-0.05, 0) is 13.8 Å². The highest BCUT2D eigenvalue weighted by Crippen LogP contribution is 2.38. The summed E-state index contributed by atoms with van der Waals surface area (Å²) in [6.45, 7) is 2.19. The van der Waals surface area contributed by atoms with E-state index in [-0.39, 0.29) is 26.3 Å². The first-order valence-corrected chi connectivity index (χ1v) is 8.54. The molecule has 0 saturated carbocycles. The van der Waals surface area contributed by atoms with E-state index in [4.69, 9.17) is 21.6 Å². The van der Waals surface area contributed by atoms with Crippen LogP contribution in [0.2, 0.25) is 5.02 Å². The fourth-order valence-electron chi connectivity index (χ4n) is 2.59. The van der Waals surface area contributed by atoms with Crippen LogP contribution in [0.15, 0.2) is 15.7 Å². The number of halogens is 5. The van der Waals surface area contributed by atoms with E-state index in [0.717, 1.165) is 20.9 Å². The Balaban J connectivity index is 2.74. The molecule has 1 aromatic heterocycles. The van der Waals surface area contributed by atoms with Gasteiger partial charge in [0.1, 0.15) is 12.1 Å². The Morgan fingerprint density at radius 1 is 1.19 bits per heavy atom. The molecule has 0 aliphatic rings. The van der Waals surface area contributed by atoms with E-state index in [0.29, 0.717) is 0 Å². The second kappa shape index (κ2) is 8.41. The van der Waals surface area contributed by atoms with E-state index in [9.17, 15) is 36.7 Å². The van der Waals surface area contributed by atoms with Crippen LogP contribution in [0.1, 0.15) is 23.2 Å². The third kappa shape index (κ3) is 4.55. The van der Waals surface area contributed by atoms with E-state index < -0.39 is 63.8 Å². The summed E-state index contributed by atoms with van der Waals surface area (Å²) in [6.07, 6.45) is -6.11. The summed E-state index contributed by atoms with van der Waals surface area (Å²) >= 11 is 5.96. The molecule has 0 fully saturated rings. The Labute approximate surface area is 174 Å². The molecule has 0 aliphatic heterocycles. The van der Waals surface area contributed by atoms with Crippen LogP contribution in [-0.2, 0) is 27.7 Å². The molecule has 0 radical (unpaired) electrons. The summed E-state index contributed by atoms with van der Waals surface area (Å²) in [4.78, 5) is 55.7. The molecule has 1 aromatic carbocycles. The molecule has 31 heavy (non-hydrogen) atoms. The van der Waals surface area contributed by atoms with Crippen molar-refractivity contribution in [3.05, 3.63) is 54.6 Å². The van der Waals surface area contributed by atoms with Crippen molar-refractivity contribution in [1.82, 2.24) is 9.13 Å². The number of carboxylic acids is 1. The first-order chi connectivity index (χ1) is 14.2. The van der Waals surface area contributed by atoms with Crippen molar-refractivity contribution in [3.63, 3.8) is 0 Å². The van der Waals surface area contributed by atoms with Crippen molar-refractivity contribution in [2.45, 2.75) is 26.4 Å². The second-order valence-electron chi connectivity index (χ2n) is 6.21. The molecular formula is C17H13ClF4N2O7. The quantitative estimate of drug-likeness (QED) is 0.309. The molecule has 2 rings (SSSR count). The lowest BCUT2D eigenvalue weighted by Gasteiger charge is -2.18. The van der Waals surface area contributed by atoms with Crippen LogP contribution in [-0.4, -0.2) is 26.2 Å². The maximum Gasteiger partial charge on any atom is 0.431 e. The van der Waals surface area contributed by atoms with Crippen LogP contribution >= 0.6 is 11.6 Å². The molecule has 0 spiro atoms. The van der Waals surface area contributed by atoms with Gasteiger partial charge in [-0.1, -0.05) is 11.6 Å². The topological polar surface area (TPSA) is 117 Å². The van der Waals surface area contributed by atoms with Crippen molar-refractivity contribution in [1.29, 1.82) is 0 Å². The highest BCUT2D eigenvalue weighted by molar-refractivity contribution is 6.33. The molecular weight excluding hydrogens is 456 g/mol. The summed E-state index contributed by atoms with van der Waals surface area (Å²) in [5.74, 6) is -4.66. The van der Waals surface area contributed by atoms with Crippen LogP contribution in [0, 0.1) is 19.7 Å². The van der Waals surface area contributed by atoms with Crippen molar-refractivity contribution < 1.29 is 42.0 Å². The molecule has 0 bridgehead atoms. The normalized spacial score (nSPS) is 11.4. The van der Waals surface area contributed by atoms with Gasteiger partial charge in [0.05, 0.1) is 10.7 Å². The second-order valence-corrected chi connectivity index (χ2v) is 6.59. The number of carbonyl (C=O) groups excluding carboxylic acids is 1. The predicted octanol–water partition coefficient (Wildman–Crippen LogP) is 2.28. The van der Waals surface area contributed by atoms with Gasteiger partial charge in [-0.3, -0.25) is 19.0 Å². The molecule has 14 heteroatoms. The number of nitrogens with zero attached hydrogens (tertiary/aromatic N) is 2. The van der Waals surface area contributed by atoms with Crippen LogP contribution in [0.3, 0.4) is 0 Å². The minimum atomic E-state index is -5.03. The third-order valence-electron chi connectivity index (χ3n) is 4.11. The highest BCUT2D eigenvalue weighted by Gasteiger charge is 2.36. The molecule has 1 heterocycles. The van der Waals surface area contributed by atoms with Gasteiger partial charge in [0, 0.05) is 24.2 Å². The van der Waals surface area contributed by atoms with Crippen LogP contribution in [0.25, 0.3) is 5.69 Å². The van der Waals surface area contributed by atoms with Crippen molar-refractivity contribution in [2.75, 3.05) is 0 Å². The number of carboxylic acid groups (broad SMARTS) is 1. The average molecular weight is 469 g/mol. The summed E-state index contributed by atoms with van der Waals surface area (Å²) in [5.41, 5.74) is -6.12. The zero-order chi connectivity index (χ0) is 23.8. The minimum Gasteiger partial charge on any atom is -0.481 e. The number of alkyl halides is 3. The largest absolute Gasteiger partial charge is 0.481 e. The molecule has 0 amide bonds. The maximum atomic E-state index is 14.9. The lowest BCUT2D eigenvalue weighted by Crippen LogP contribution is -2.41. The number of aliphatic carboxylic acids is 1. The van der Waals surface area contributed by atoms with Gasteiger partial charge in [-0.25, -0.2) is 23.4 Å². The highest BCUT2D eigenvalue weighted by atomic mass is 35.5. The van der Waals surface area contributed by atoms with E-state index in [2.05, 4.69) is 4.89 Å². The maximum absolute atomic E-state index is 14.9. The SMILES string of the molecule is Cc1c(F)c(-n2c(=O)cc(C(F)(F)F)n(C)c2=O)c(C)c(OOC(=O)CC(=O)O)c1Cl. The van der Waals surface area contributed by atoms with E-state index >= 15 is 0 Å². The Kier molecular flexibility index (Phi) is 6.49. The summed E-state index contributed by atoms with van der Waals surface area (Å²) in [6, 6.07) is 0.109. The van der Waals surface area contributed by atoms with Gasteiger partial charge in [0.25, 0.3) is 5.56 Å². The smallest absolute Gasteiger partial charge is 0.431 e. The van der Waals surface area contributed by atoms with E-state index in [1.165, 1.54) is 0 Å². The molecule has 0 saturated heterocycles. The summed E-state index contributed by atoms with van der Waals surface area (Å²) in [7, 11) is 0.738. The van der Waals surface area contributed by atoms with Crippen LogP contribution in [0.5, 0.6) is 5.75 Å². The number of rotatable bonds is 5. The molecule has 9 nitrogen and oxygen atoms in total. The molecule has 168 valence electrons. The monoisotopic (exact) mass is 468 g/mol. The van der Waals surface area contributed by atoms with Crippen LogP contribution < -0.4 is 16.1 Å². The van der Waals surface area contributed by atoms with Crippen molar-refractivity contribution in [2.24, 2.45) is 7.05 Å². The molecule has 1 N–H and O–H groups in total. The third-order valence-corrected chi connectivity index (χ3v) is 4.56. The number of carbonyl (C=O) groups is 2. The molecule has 0 atom stereocenters. The van der Waals surface area contributed by atoms with Gasteiger partial charge < -0.3 is 5.11 Å². The average Bonchev–Trinajstić information content (AvgIpc) is 2.64. The molecule has 0 aliphatic carbocycles. The Morgan fingerprint density at radius 2 is 1.77 bits per heavy atom. The predicted molar refractivity (Wildman–Crippen MR) is 95.7 cm³/mol. The number of hydrogen-bond acceptors (Lipinski definition) is 6. The van der Waals surface area contributed by atoms with Gasteiger partial charge >= 0.3 is 23.8 Å². The van der Waals surface area contributed by atoms with E-state index in [1.807, 2.05) is 0 Å². The summed E-state index contributed by atoms with van der Waals surface area (Å²) in [5, 5.41) is 8.10. The lowest BCUT2D eigenvalue weighted by atomic mass is 10.1. The fourth-order valence-corrected chi connectivity index (χ4v) is 2.85. The van der Waals surface area contributed by atoms with Crippen molar-refractivity contribution in [3.8, 4) is 11.4 Å². The van der Waals surface area contributed by atoms with Crippen LogP contribution in [0.4, 0.5) is 17.6 Å². The Bertz CT molecular complexity index is 1200. The van der Waals surface area contributed by atoms with Gasteiger partial charge in [0.2, 0.25) is 5.75 Å². The van der Waals surface area contributed by atoms with E-state index in [1.54, 1.807) is 0 Å². The van der Waals surface area contributed by atoms with Gasteiger partial charge in [0.15, 0.2) is 5.82 Å². The minimum absolute atomic E-state index is 0.109. The fraction of sp³-hybridized carbons (Fsp3) is 0.294. The number of aromatic nitrogens is 2. The van der Waals surface area contributed by atoms with Crippen molar-refractivity contribution >= 4 is 23.5 Å². The zero-order valence-electron chi connectivity index (χ0n) is 16.0. The summed E-state index contributed by atoms with van der Waals surface area (Å²) < 4.78 is 54.3. The standard InChI is InChI=1S/C17H13ClF4N2O7/c1-6-12(18)15(31-30-11(28)5-10(26)27)7(2)14(13(6)19)24-9(25)4-8(17(20,21)22)23(3)16(24)29/h4H,5H2,1-3H3,(H,26,27). The first kappa shape index (κ1) is 23.9. The van der Waals surface area contributed by atoms with Gasteiger partial charge in [-0.15, -0.1) is 0 Å². The molecule has 2 aromatic rings. The zero-order valence-corrected chi connectivity index (χ0v) is 16.7. The lowest BCUT2D eigenvalue weighted by molar-refractivity contribution is -0.214. The first-order valence-electron chi connectivity index (χ1n) is 8.16. The Hall–Kier alpha value is -3.35.